The van der Waals surface area contributed by atoms with E-state index in [4.69, 9.17) is 0 Å². The van der Waals surface area contributed by atoms with E-state index in [0.29, 0.717) is 12.6 Å². The molecule has 6 heteroatoms. The third-order valence-corrected chi connectivity index (χ3v) is 5.33. The van der Waals surface area contributed by atoms with Crippen molar-refractivity contribution in [2.75, 3.05) is 39.3 Å². The number of nitrogens with one attached hydrogen (secondary N) is 2. The van der Waals surface area contributed by atoms with E-state index >= 15 is 0 Å². The van der Waals surface area contributed by atoms with Crippen LogP contribution in [0.4, 0.5) is 4.79 Å². The molecule has 0 spiro atoms. The fourth-order valence-corrected chi connectivity index (χ4v) is 3.75. The molecule has 1 aromatic rings. The molecule has 1 saturated heterocycles. The van der Waals surface area contributed by atoms with Gasteiger partial charge in [-0.05, 0) is 25.0 Å². The summed E-state index contributed by atoms with van der Waals surface area (Å²) >= 11 is 0. The van der Waals surface area contributed by atoms with Gasteiger partial charge in [0.25, 0.3) is 5.91 Å². The lowest BCUT2D eigenvalue weighted by atomic mass is 9.96. The molecular weight excluding hydrogens is 328 g/mol. The first kappa shape index (κ1) is 18.7. The Labute approximate surface area is 155 Å². The zero-order valence-electron chi connectivity index (χ0n) is 15.5. The molecule has 0 bridgehead atoms. The van der Waals surface area contributed by atoms with Gasteiger partial charge >= 0.3 is 6.03 Å². The van der Waals surface area contributed by atoms with Gasteiger partial charge in [-0.15, -0.1) is 0 Å². The van der Waals surface area contributed by atoms with Crippen molar-refractivity contribution in [1.82, 2.24) is 20.4 Å². The van der Waals surface area contributed by atoms with Crippen LogP contribution in [-0.4, -0.2) is 67.0 Å². The first-order valence-corrected chi connectivity index (χ1v) is 9.83. The summed E-state index contributed by atoms with van der Waals surface area (Å²) in [4.78, 5) is 28.6. The summed E-state index contributed by atoms with van der Waals surface area (Å²) in [5, 5.41) is 6.04. The van der Waals surface area contributed by atoms with E-state index < -0.39 is 0 Å². The summed E-state index contributed by atoms with van der Waals surface area (Å²) in [7, 11) is 0. The third-order valence-electron chi connectivity index (χ3n) is 5.33. The van der Waals surface area contributed by atoms with Gasteiger partial charge in [0, 0.05) is 50.9 Å². The van der Waals surface area contributed by atoms with Gasteiger partial charge in [0.15, 0.2) is 0 Å². The van der Waals surface area contributed by atoms with Crippen LogP contribution in [0.25, 0.3) is 0 Å². The maximum absolute atomic E-state index is 12.4. The Balaban J connectivity index is 1.31. The summed E-state index contributed by atoms with van der Waals surface area (Å²) < 4.78 is 0. The first-order valence-electron chi connectivity index (χ1n) is 9.83. The molecular formula is C20H30N4O2. The van der Waals surface area contributed by atoms with Gasteiger partial charge in [0.2, 0.25) is 0 Å². The average molecular weight is 358 g/mol. The normalized spacial score (nSPS) is 19.2. The minimum Gasteiger partial charge on any atom is -0.337 e. The van der Waals surface area contributed by atoms with Crippen LogP contribution in [0, 0.1) is 0 Å². The molecule has 26 heavy (non-hydrogen) atoms. The van der Waals surface area contributed by atoms with Crippen molar-refractivity contribution in [3.05, 3.63) is 35.9 Å². The molecule has 142 valence electrons. The highest BCUT2D eigenvalue weighted by Gasteiger charge is 2.22. The van der Waals surface area contributed by atoms with Crippen LogP contribution in [0.5, 0.6) is 0 Å². The van der Waals surface area contributed by atoms with Crippen molar-refractivity contribution in [3.63, 3.8) is 0 Å². The number of amides is 3. The Bertz CT molecular complexity index is 579. The first-order chi connectivity index (χ1) is 12.7. The maximum atomic E-state index is 12.4. The largest absolute Gasteiger partial charge is 0.337 e. The SMILES string of the molecule is O=C(NCCN1CCN(C(=O)c2ccccc2)CC1)NC1CCCCC1. The van der Waals surface area contributed by atoms with E-state index in [2.05, 4.69) is 15.5 Å². The lowest BCUT2D eigenvalue weighted by Crippen LogP contribution is -2.51. The van der Waals surface area contributed by atoms with E-state index in [-0.39, 0.29) is 11.9 Å². The monoisotopic (exact) mass is 358 g/mol. The van der Waals surface area contributed by atoms with Crippen molar-refractivity contribution >= 4 is 11.9 Å². The number of carbonyl (C=O) groups excluding carboxylic acids is 2. The van der Waals surface area contributed by atoms with Crippen LogP contribution < -0.4 is 10.6 Å². The standard InChI is InChI=1S/C20H30N4O2/c25-19(17-7-3-1-4-8-17)24-15-13-23(14-16-24)12-11-21-20(26)22-18-9-5-2-6-10-18/h1,3-4,7-8,18H,2,5-6,9-16H2,(H2,21,22,26). The van der Waals surface area contributed by atoms with E-state index in [0.717, 1.165) is 51.1 Å². The molecule has 1 aliphatic carbocycles. The smallest absolute Gasteiger partial charge is 0.315 e. The van der Waals surface area contributed by atoms with Crippen LogP contribution in [-0.2, 0) is 0 Å². The molecule has 0 unspecified atom stereocenters. The van der Waals surface area contributed by atoms with E-state index in [1.807, 2.05) is 35.2 Å². The molecule has 1 aliphatic heterocycles. The Kier molecular flexibility index (Phi) is 6.89. The highest BCUT2D eigenvalue weighted by atomic mass is 16.2. The lowest BCUT2D eigenvalue weighted by Gasteiger charge is -2.34. The summed E-state index contributed by atoms with van der Waals surface area (Å²) in [6, 6.07) is 9.74. The van der Waals surface area contributed by atoms with Crippen LogP contribution in [0.1, 0.15) is 42.5 Å². The van der Waals surface area contributed by atoms with E-state index in [9.17, 15) is 9.59 Å². The quantitative estimate of drug-likeness (QED) is 0.847. The minimum absolute atomic E-state index is 0.0465. The Morgan fingerprint density at radius 1 is 0.962 bits per heavy atom. The predicted molar refractivity (Wildman–Crippen MR) is 102 cm³/mol. The molecule has 2 aliphatic rings. The highest BCUT2D eigenvalue weighted by Crippen LogP contribution is 2.17. The number of urea groups is 1. The summed E-state index contributed by atoms with van der Waals surface area (Å²) in [6.45, 7) is 4.65. The molecule has 2 N–H and O–H groups in total. The van der Waals surface area contributed by atoms with Gasteiger partial charge in [-0.25, -0.2) is 4.79 Å². The zero-order valence-corrected chi connectivity index (χ0v) is 15.5. The second-order valence-electron chi connectivity index (χ2n) is 7.24. The molecule has 0 atom stereocenters. The average Bonchev–Trinajstić information content (AvgIpc) is 2.69. The van der Waals surface area contributed by atoms with Crippen molar-refractivity contribution in [2.24, 2.45) is 0 Å². The van der Waals surface area contributed by atoms with Crippen LogP contribution in [0.3, 0.4) is 0 Å². The molecule has 2 fully saturated rings. The fraction of sp³-hybridized carbons (Fsp3) is 0.600. The highest BCUT2D eigenvalue weighted by molar-refractivity contribution is 5.94. The molecule has 1 saturated carbocycles. The van der Waals surface area contributed by atoms with Crippen LogP contribution in [0.15, 0.2) is 30.3 Å². The van der Waals surface area contributed by atoms with Gasteiger partial charge in [-0.2, -0.15) is 0 Å². The molecule has 3 rings (SSSR count). The minimum atomic E-state index is -0.0465. The molecule has 3 amide bonds. The maximum Gasteiger partial charge on any atom is 0.315 e. The molecule has 1 aromatic carbocycles. The Morgan fingerprint density at radius 3 is 2.35 bits per heavy atom. The van der Waals surface area contributed by atoms with Crippen LogP contribution >= 0.6 is 0 Å². The molecule has 0 radical (unpaired) electrons. The molecule has 6 nitrogen and oxygen atoms in total. The zero-order chi connectivity index (χ0) is 18.2. The van der Waals surface area contributed by atoms with Crippen molar-refractivity contribution in [3.8, 4) is 0 Å². The summed E-state index contributed by atoms with van der Waals surface area (Å²) in [5.41, 5.74) is 0.752. The Hall–Kier alpha value is -2.08. The lowest BCUT2D eigenvalue weighted by molar-refractivity contribution is 0.0639. The number of rotatable bonds is 5. The van der Waals surface area contributed by atoms with Gasteiger partial charge in [0.05, 0.1) is 0 Å². The predicted octanol–water partition coefficient (Wildman–Crippen LogP) is 2.08. The van der Waals surface area contributed by atoms with Crippen molar-refractivity contribution in [1.29, 1.82) is 0 Å². The van der Waals surface area contributed by atoms with Crippen LogP contribution in [0.2, 0.25) is 0 Å². The van der Waals surface area contributed by atoms with E-state index in [1.165, 1.54) is 19.3 Å². The molecule has 0 aromatic heterocycles. The van der Waals surface area contributed by atoms with Crippen molar-refractivity contribution < 1.29 is 9.59 Å². The van der Waals surface area contributed by atoms with Gasteiger partial charge in [-0.1, -0.05) is 37.5 Å². The summed E-state index contributed by atoms with van der Waals surface area (Å²) in [5.74, 6) is 0.107. The number of carbonyl (C=O) groups is 2. The number of benzene rings is 1. The topological polar surface area (TPSA) is 64.7 Å². The number of nitrogens with zero attached hydrogens (tertiary/aromatic N) is 2. The Morgan fingerprint density at radius 2 is 1.65 bits per heavy atom. The number of hydrogen-bond acceptors (Lipinski definition) is 3. The number of hydrogen-bond donors (Lipinski definition) is 2. The van der Waals surface area contributed by atoms with Gasteiger partial charge in [-0.3, -0.25) is 9.69 Å². The third kappa shape index (κ3) is 5.46. The summed E-state index contributed by atoms with van der Waals surface area (Å²) in [6.07, 6.45) is 5.93. The van der Waals surface area contributed by atoms with Gasteiger partial charge < -0.3 is 15.5 Å². The molecule has 1 heterocycles. The fourth-order valence-electron chi connectivity index (χ4n) is 3.75. The second-order valence-corrected chi connectivity index (χ2v) is 7.24. The second kappa shape index (κ2) is 9.57. The number of piperazine rings is 1. The van der Waals surface area contributed by atoms with Crippen molar-refractivity contribution in [2.45, 2.75) is 38.1 Å². The van der Waals surface area contributed by atoms with Gasteiger partial charge in [0.1, 0.15) is 0 Å². The van der Waals surface area contributed by atoms with E-state index in [1.54, 1.807) is 0 Å².